The van der Waals surface area contributed by atoms with Gasteiger partial charge in [-0.05, 0) is 126 Å². The monoisotopic (exact) mass is 1380 g/mol. The van der Waals surface area contributed by atoms with Gasteiger partial charge >= 0.3 is 11.9 Å². The number of nitrogens with one attached hydrogen (secondary N) is 5. The molecule has 0 unspecified atom stereocenters. The number of hydrogen-bond donors (Lipinski definition) is 5. The normalized spacial score (nSPS) is 15.9. The molecule has 98 heavy (non-hydrogen) atoms. The lowest BCUT2D eigenvalue weighted by molar-refractivity contribution is -0.164. The fourth-order valence-corrected chi connectivity index (χ4v) is 12.1. The molecule has 0 saturated carbocycles. The molecule has 13 atom stereocenters. The summed E-state index contributed by atoms with van der Waals surface area (Å²) in [6.07, 6.45) is 3.41. The first-order valence-electron chi connectivity index (χ1n) is 34.6. The third-order valence-corrected chi connectivity index (χ3v) is 17.8. The number of carbonyl (C=O) groups is 13. The lowest BCUT2D eigenvalue weighted by atomic mass is 9.89. The highest BCUT2D eigenvalue weighted by Gasteiger charge is 2.48. The number of imide groups is 1. The second-order valence-electron chi connectivity index (χ2n) is 28.7. The standard InChI is InChI=1S/C71H122N12O15/c1-26-53(66(92)80(22)58(39-97-50(17)86)69(95)83(25)71(40-85,37-44(8)9)77-55(38-84)45(10)11)75-64(90)60(61(98-51(18)87)47(14)30-29-32-52-31-27-28-33-73-52)82(24)70(96)59(46(12)13)81(23)68(94)57(36-43(6)7)79(21)67(93)56(35-42(4)5)78(20)65(91)49(16)74-48(15)62(88)76-63(89)54(72-19)34-41(2)3/h27-28,31,33,38,40-49,53-61,72,74,77H,26,29-30,32,34-37,39H2,1-25H3,(H,75,90)(H,76,88,89)/t47-,48+,49-,53+,54+,55-,56-,57-,58-,59-,60-,61-,71-/m1/s1. The SMILES string of the molecule is CC[C@H](NC(=O)[C@@H]([C@H](OC(C)=O)[C@H](C)CCCc1ccccn1)N(C)C(=O)[C@@H](C(C)C)N(C)C(=O)[C@@H](CC(C)C)N(C)C(=O)[C@@H](CC(C)C)N(C)C(=O)[C@@H](C)N[C@@H](C)C(=O)NC(=O)[C@H](CC(C)C)NC)C(=O)N(C)[C@H](COC(C)=O)C(=O)N(C)[C@@](C=O)(CC(C)C)N[C@H](C=O)C(C)C. The van der Waals surface area contributed by atoms with E-state index in [9.17, 15) is 38.4 Å². The van der Waals surface area contributed by atoms with Crippen molar-refractivity contribution in [2.24, 2.45) is 41.4 Å². The summed E-state index contributed by atoms with van der Waals surface area (Å²) in [6, 6.07) is -6.55. The zero-order valence-corrected chi connectivity index (χ0v) is 63.5. The van der Waals surface area contributed by atoms with Crippen LogP contribution in [0.4, 0.5) is 0 Å². The molecular weight excluding hydrogens is 1260 g/mol. The third kappa shape index (κ3) is 26.4. The second kappa shape index (κ2) is 42.0. The molecule has 0 spiro atoms. The molecule has 0 aromatic carbocycles. The van der Waals surface area contributed by atoms with E-state index in [1.165, 1.54) is 63.9 Å². The topological polar surface area (TPSA) is 333 Å². The van der Waals surface area contributed by atoms with Gasteiger partial charge in [-0.2, -0.15) is 0 Å². The van der Waals surface area contributed by atoms with E-state index >= 15 is 24.0 Å². The van der Waals surface area contributed by atoms with Crippen molar-refractivity contribution in [1.29, 1.82) is 0 Å². The van der Waals surface area contributed by atoms with Crippen LogP contribution in [-0.4, -0.2) is 240 Å². The molecule has 0 fully saturated rings. The van der Waals surface area contributed by atoms with Gasteiger partial charge in [0.15, 0.2) is 11.9 Å². The third-order valence-electron chi connectivity index (χ3n) is 17.8. The van der Waals surface area contributed by atoms with Crippen molar-refractivity contribution in [3.8, 4) is 0 Å². The molecule has 0 aliphatic carbocycles. The highest BCUT2D eigenvalue weighted by atomic mass is 16.5. The van der Waals surface area contributed by atoms with Crippen LogP contribution < -0.4 is 26.6 Å². The van der Waals surface area contributed by atoms with Gasteiger partial charge < -0.3 is 54.3 Å². The Balaban J connectivity index is 4.10. The lowest BCUT2D eigenvalue weighted by Gasteiger charge is -2.44. The maximum absolute atomic E-state index is 15.7. The fourth-order valence-electron chi connectivity index (χ4n) is 12.1. The van der Waals surface area contributed by atoms with E-state index < -0.39 is 156 Å². The molecule has 0 saturated heterocycles. The van der Waals surface area contributed by atoms with E-state index in [1.807, 2.05) is 67.5 Å². The van der Waals surface area contributed by atoms with E-state index in [0.29, 0.717) is 38.3 Å². The first-order chi connectivity index (χ1) is 45.5. The Morgan fingerprint density at radius 1 is 0.571 bits per heavy atom. The highest BCUT2D eigenvalue weighted by molar-refractivity contribution is 6.01. The minimum atomic E-state index is -1.79. The summed E-state index contributed by atoms with van der Waals surface area (Å²) in [5, 5.41) is 14.2. The Hall–Kier alpha value is -7.26. The predicted octanol–water partition coefficient (Wildman–Crippen LogP) is 4.17. The van der Waals surface area contributed by atoms with Crippen LogP contribution >= 0.6 is 0 Å². The van der Waals surface area contributed by atoms with Crippen molar-refractivity contribution in [2.75, 3.05) is 55.9 Å². The maximum Gasteiger partial charge on any atom is 0.303 e. The molecule has 1 heterocycles. The Morgan fingerprint density at radius 2 is 1.10 bits per heavy atom. The van der Waals surface area contributed by atoms with Crippen LogP contribution in [0.15, 0.2) is 24.4 Å². The Morgan fingerprint density at radius 3 is 1.55 bits per heavy atom. The number of likely N-dealkylation sites (N-methyl/N-ethyl adjacent to an activating group) is 7. The van der Waals surface area contributed by atoms with Gasteiger partial charge in [-0.15, -0.1) is 0 Å². The molecule has 27 heteroatoms. The van der Waals surface area contributed by atoms with Gasteiger partial charge in [0.2, 0.25) is 53.2 Å². The number of esters is 2. The Labute approximate surface area is 583 Å². The molecular formula is C71H122N12O15. The summed E-state index contributed by atoms with van der Waals surface area (Å²) >= 11 is 0. The summed E-state index contributed by atoms with van der Waals surface area (Å²) in [5.74, 6) is -10.1. The molecule has 0 bridgehead atoms. The zero-order chi connectivity index (χ0) is 75.5. The highest BCUT2D eigenvalue weighted by Crippen LogP contribution is 2.28. The van der Waals surface area contributed by atoms with E-state index in [1.54, 1.807) is 67.8 Å². The van der Waals surface area contributed by atoms with Gasteiger partial charge in [0.05, 0.1) is 24.2 Å². The van der Waals surface area contributed by atoms with Crippen molar-refractivity contribution in [2.45, 2.75) is 248 Å². The van der Waals surface area contributed by atoms with Gasteiger partial charge in [-0.25, -0.2) is 0 Å². The summed E-state index contributed by atoms with van der Waals surface area (Å²) in [7, 11) is 9.90. The molecule has 0 aliphatic rings. The summed E-state index contributed by atoms with van der Waals surface area (Å²) in [4.78, 5) is 195. The average Bonchev–Trinajstić information content (AvgIpc) is 0.797. The van der Waals surface area contributed by atoms with Gasteiger partial charge in [0.1, 0.15) is 55.2 Å². The molecule has 9 amide bonds. The molecule has 1 rings (SSSR count). The van der Waals surface area contributed by atoms with Crippen LogP contribution in [0.3, 0.4) is 0 Å². The van der Waals surface area contributed by atoms with Crippen LogP contribution in [0.5, 0.6) is 0 Å². The summed E-state index contributed by atoms with van der Waals surface area (Å²) < 4.78 is 11.4. The van der Waals surface area contributed by atoms with Gasteiger partial charge in [0.25, 0.3) is 0 Å². The molecule has 0 radical (unpaired) electrons. The van der Waals surface area contributed by atoms with Crippen LogP contribution in [0.2, 0.25) is 0 Å². The number of hydrogen-bond acceptors (Lipinski definition) is 19. The Kier molecular flexibility index (Phi) is 38.0. The molecule has 556 valence electrons. The van der Waals surface area contributed by atoms with Gasteiger partial charge in [0, 0.05) is 68.0 Å². The quantitative estimate of drug-likeness (QED) is 0.0348. The van der Waals surface area contributed by atoms with Gasteiger partial charge in [-0.1, -0.05) is 103 Å². The van der Waals surface area contributed by atoms with Crippen molar-refractivity contribution in [3.05, 3.63) is 30.1 Å². The molecule has 1 aromatic rings. The first-order valence-corrected chi connectivity index (χ1v) is 34.6. The number of aromatic nitrogens is 1. The number of pyridine rings is 1. The van der Waals surface area contributed by atoms with Gasteiger partial charge in [-0.3, -0.25) is 78.5 Å². The lowest BCUT2D eigenvalue weighted by Crippen LogP contribution is -2.68. The van der Waals surface area contributed by atoms with E-state index in [0.717, 1.165) is 34.2 Å². The van der Waals surface area contributed by atoms with Crippen molar-refractivity contribution in [1.82, 2.24) is 61.0 Å². The van der Waals surface area contributed by atoms with Crippen LogP contribution in [0.25, 0.3) is 0 Å². The largest absolute Gasteiger partial charge is 0.463 e. The van der Waals surface area contributed by atoms with Crippen LogP contribution in [0.1, 0.15) is 175 Å². The number of amides is 9. The number of nitrogens with zero attached hydrogens (tertiary/aromatic N) is 7. The van der Waals surface area contributed by atoms with E-state index in [2.05, 4.69) is 31.6 Å². The van der Waals surface area contributed by atoms with E-state index in [4.69, 9.17) is 9.47 Å². The fraction of sp³-hybridized carbons (Fsp3) is 0.746. The minimum absolute atomic E-state index is 0.0315. The number of aryl methyl sites for hydroxylation is 1. The average molecular weight is 1380 g/mol. The van der Waals surface area contributed by atoms with Crippen LogP contribution in [-0.2, 0) is 78.2 Å². The van der Waals surface area contributed by atoms with Crippen molar-refractivity contribution < 1.29 is 71.8 Å². The second-order valence-corrected chi connectivity index (χ2v) is 28.7. The number of ether oxygens (including phenoxy) is 2. The zero-order valence-electron chi connectivity index (χ0n) is 63.5. The smallest absolute Gasteiger partial charge is 0.303 e. The summed E-state index contributed by atoms with van der Waals surface area (Å²) in [6.45, 7) is 29.9. The molecule has 5 N–H and O–H groups in total. The maximum atomic E-state index is 15.7. The molecule has 0 aliphatic heterocycles. The summed E-state index contributed by atoms with van der Waals surface area (Å²) in [5.41, 5.74) is -1.01. The molecule has 27 nitrogen and oxygen atoms in total. The number of carbonyl (C=O) groups excluding carboxylic acids is 13. The van der Waals surface area contributed by atoms with E-state index in [-0.39, 0.29) is 55.3 Å². The van der Waals surface area contributed by atoms with Crippen molar-refractivity contribution >= 4 is 77.7 Å². The number of rotatable bonds is 43. The Bertz CT molecular complexity index is 2800. The number of aldehydes is 2. The molecule has 1 aromatic heterocycles. The van der Waals surface area contributed by atoms with Crippen molar-refractivity contribution in [3.63, 3.8) is 0 Å². The minimum Gasteiger partial charge on any atom is -0.463 e. The van der Waals surface area contributed by atoms with Crippen LogP contribution in [0, 0.1) is 41.4 Å². The predicted molar refractivity (Wildman–Crippen MR) is 374 cm³/mol. The first kappa shape index (κ1) is 88.8.